The summed E-state index contributed by atoms with van der Waals surface area (Å²) in [5.41, 5.74) is 4.57. The quantitative estimate of drug-likeness (QED) is 0.204. The van der Waals surface area contributed by atoms with Crippen LogP contribution in [0.15, 0.2) is 79.0 Å². The Hall–Kier alpha value is -3.28. The summed E-state index contributed by atoms with van der Waals surface area (Å²) in [6, 6.07) is 24.9. The zero-order valence-electron chi connectivity index (χ0n) is 21.3. The molecule has 4 aromatic rings. The predicted octanol–water partition coefficient (Wildman–Crippen LogP) is 7.22. The van der Waals surface area contributed by atoms with Gasteiger partial charge in [0.1, 0.15) is 5.82 Å². The van der Waals surface area contributed by atoms with E-state index in [2.05, 4.69) is 64.9 Å². The lowest BCUT2D eigenvalue weighted by Crippen LogP contribution is -2.24. The van der Waals surface area contributed by atoms with Crippen molar-refractivity contribution in [2.75, 3.05) is 14.2 Å². The van der Waals surface area contributed by atoms with Gasteiger partial charge >= 0.3 is 0 Å². The fraction of sp³-hybridized carbons (Fsp3) is 0.300. The summed E-state index contributed by atoms with van der Waals surface area (Å²) < 4.78 is 13.4. The van der Waals surface area contributed by atoms with E-state index in [1.165, 1.54) is 11.3 Å². The molecule has 0 N–H and O–H groups in total. The molecular formula is C30H34ClN3O2. The maximum atomic E-state index is 6.78. The van der Waals surface area contributed by atoms with Crippen molar-refractivity contribution in [1.29, 1.82) is 0 Å². The highest BCUT2D eigenvalue weighted by molar-refractivity contribution is 6.33. The summed E-state index contributed by atoms with van der Waals surface area (Å²) in [5.74, 6) is 2.21. The van der Waals surface area contributed by atoms with Crippen molar-refractivity contribution in [3.63, 3.8) is 0 Å². The number of hydrogen-bond acceptors (Lipinski definition) is 4. The molecule has 0 fully saturated rings. The number of nitrogens with zero attached hydrogens (tertiary/aromatic N) is 3. The highest BCUT2D eigenvalue weighted by atomic mass is 35.5. The van der Waals surface area contributed by atoms with E-state index in [1.807, 2.05) is 30.5 Å². The molecule has 0 unspecified atom stereocenters. The number of benzene rings is 3. The molecule has 0 aliphatic rings. The average molecular weight is 504 g/mol. The fourth-order valence-electron chi connectivity index (χ4n) is 4.45. The summed E-state index contributed by atoms with van der Waals surface area (Å²) in [6.45, 7) is 5.34. The molecule has 0 radical (unpaired) electrons. The molecule has 0 atom stereocenters. The fourth-order valence-corrected chi connectivity index (χ4v) is 4.75. The minimum atomic E-state index is 0.565. The minimum absolute atomic E-state index is 0.565. The first-order valence-electron chi connectivity index (χ1n) is 12.4. The molecule has 1 aromatic heterocycles. The van der Waals surface area contributed by atoms with Gasteiger partial charge in [-0.3, -0.25) is 4.90 Å². The van der Waals surface area contributed by atoms with Crippen LogP contribution in [0.2, 0.25) is 5.02 Å². The standard InChI is InChI=1S/C30H34ClN3O2/c1-4-5-18-34-26(19-32-30(34)24-14-10-7-11-15-24)22-33(20-23-12-8-6-9-13-23)21-25-16-17-27(35-2)29(36-3)28(25)31/h6-17,19H,4-5,18,20-22H2,1-3H3. The van der Waals surface area contributed by atoms with Crippen LogP contribution in [0.1, 0.15) is 36.6 Å². The first-order valence-corrected chi connectivity index (χ1v) is 12.8. The predicted molar refractivity (Wildman–Crippen MR) is 147 cm³/mol. The van der Waals surface area contributed by atoms with E-state index >= 15 is 0 Å². The summed E-state index contributed by atoms with van der Waals surface area (Å²) in [5, 5.41) is 0.583. The lowest BCUT2D eigenvalue weighted by atomic mass is 10.1. The number of ether oxygens (including phenoxy) is 2. The van der Waals surface area contributed by atoms with Crippen molar-refractivity contribution in [1.82, 2.24) is 14.5 Å². The van der Waals surface area contributed by atoms with Gasteiger partial charge in [0, 0.05) is 31.7 Å². The molecule has 0 amide bonds. The molecule has 6 heteroatoms. The highest BCUT2D eigenvalue weighted by Gasteiger charge is 2.19. The van der Waals surface area contributed by atoms with E-state index in [1.54, 1.807) is 14.2 Å². The van der Waals surface area contributed by atoms with Crippen LogP contribution in [0.4, 0.5) is 0 Å². The Morgan fingerprint density at radius 3 is 2.25 bits per heavy atom. The van der Waals surface area contributed by atoms with Crippen molar-refractivity contribution >= 4 is 11.6 Å². The Labute approximate surface area is 219 Å². The normalized spacial score (nSPS) is 11.1. The zero-order chi connectivity index (χ0) is 25.3. The van der Waals surface area contributed by atoms with Crippen LogP contribution in [-0.2, 0) is 26.2 Å². The third kappa shape index (κ3) is 6.10. The zero-order valence-corrected chi connectivity index (χ0v) is 22.0. The van der Waals surface area contributed by atoms with Crippen LogP contribution < -0.4 is 9.47 Å². The maximum Gasteiger partial charge on any atom is 0.179 e. The SMILES string of the molecule is CCCCn1c(CN(Cc2ccccc2)Cc2ccc(OC)c(OC)c2Cl)cnc1-c1ccccc1. The van der Waals surface area contributed by atoms with E-state index in [-0.39, 0.29) is 0 Å². The van der Waals surface area contributed by atoms with Gasteiger partial charge in [-0.1, -0.05) is 91.7 Å². The van der Waals surface area contributed by atoms with Gasteiger partial charge in [-0.15, -0.1) is 0 Å². The Morgan fingerprint density at radius 2 is 1.58 bits per heavy atom. The number of methoxy groups -OCH3 is 2. The van der Waals surface area contributed by atoms with E-state index in [4.69, 9.17) is 26.1 Å². The number of halogens is 1. The molecule has 0 saturated heterocycles. The Kier molecular flexibility index (Phi) is 9.04. The molecule has 0 bridgehead atoms. The minimum Gasteiger partial charge on any atom is -0.493 e. The van der Waals surface area contributed by atoms with Gasteiger partial charge in [-0.2, -0.15) is 0 Å². The third-order valence-corrected chi connectivity index (χ3v) is 6.71. The lowest BCUT2D eigenvalue weighted by Gasteiger charge is -2.25. The molecule has 188 valence electrons. The van der Waals surface area contributed by atoms with Crippen molar-refractivity contribution in [3.8, 4) is 22.9 Å². The van der Waals surface area contributed by atoms with Crippen LogP contribution in [0.5, 0.6) is 11.5 Å². The first kappa shape index (κ1) is 25.8. The molecule has 4 rings (SSSR count). The second kappa shape index (κ2) is 12.6. The smallest absolute Gasteiger partial charge is 0.179 e. The molecular weight excluding hydrogens is 470 g/mol. The number of aromatic nitrogens is 2. The van der Waals surface area contributed by atoms with Crippen molar-refractivity contribution in [2.45, 2.75) is 45.9 Å². The molecule has 0 saturated carbocycles. The maximum absolute atomic E-state index is 6.78. The molecule has 0 aliphatic carbocycles. The topological polar surface area (TPSA) is 39.5 Å². The molecule has 5 nitrogen and oxygen atoms in total. The summed E-state index contributed by atoms with van der Waals surface area (Å²) in [7, 11) is 3.24. The third-order valence-electron chi connectivity index (χ3n) is 6.30. The number of imidazole rings is 1. The Bertz CT molecular complexity index is 1240. The van der Waals surface area contributed by atoms with E-state index in [0.717, 1.165) is 49.4 Å². The monoisotopic (exact) mass is 503 g/mol. The van der Waals surface area contributed by atoms with E-state index in [9.17, 15) is 0 Å². The number of hydrogen-bond donors (Lipinski definition) is 0. The van der Waals surface area contributed by atoms with Gasteiger partial charge in [-0.25, -0.2) is 4.98 Å². The Balaban J connectivity index is 1.68. The van der Waals surface area contributed by atoms with Gasteiger partial charge in [0.15, 0.2) is 11.5 Å². The van der Waals surface area contributed by atoms with Gasteiger partial charge < -0.3 is 14.0 Å². The van der Waals surface area contributed by atoms with Crippen molar-refractivity contribution < 1.29 is 9.47 Å². The first-order chi connectivity index (χ1) is 17.6. The van der Waals surface area contributed by atoms with Gasteiger partial charge in [0.2, 0.25) is 0 Å². The average Bonchev–Trinajstić information content (AvgIpc) is 3.31. The van der Waals surface area contributed by atoms with E-state index in [0.29, 0.717) is 23.1 Å². The van der Waals surface area contributed by atoms with Crippen molar-refractivity contribution in [2.24, 2.45) is 0 Å². The van der Waals surface area contributed by atoms with Crippen LogP contribution in [0.25, 0.3) is 11.4 Å². The molecule has 36 heavy (non-hydrogen) atoms. The second-order valence-corrected chi connectivity index (χ2v) is 9.23. The largest absolute Gasteiger partial charge is 0.493 e. The summed E-state index contributed by atoms with van der Waals surface area (Å²) in [4.78, 5) is 7.25. The molecule has 3 aromatic carbocycles. The van der Waals surface area contributed by atoms with Crippen LogP contribution in [0.3, 0.4) is 0 Å². The molecule has 0 aliphatic heterocycles. The van der Waals surface area contributed by atoms with Gasteiger partial charge in [0.25, 0.3) is 0 Å². The van der Waals surface area contributed by atoms with Gasteiger partial charge in [-0.05, 0) is 23.6 Å². The van der Waals surface area contributed by atoms with Crippen LogP contribution in [0, 0.1) is 0 Å². The van der Waals surface area contributed by atoms with Crippen LogP contribution in [-0.4, -0.2) is 28.7 Å². The van der Waals surface area contributed by atoms with E-state index < -0.39 is 0 Å². The Morgan fingerprint density at radius 1 is 0.861 bits per heavy atom. The van der Waals surface area contributed by atoms with Crippen molar-refractivity contribution in [3.05, 3.63) is 101 Å². The molecule has 1 heterocycles. The lowest BCUT2D eigenvalue weighted by molar-refractivity contribution is 0.240. The second-order valence-electron chi connectivity index (χ2n) is 8.85. The summed E-state index contributed by atoms with van der Waals surface area (Å²) in [6.07, 6.45) is 4.25. The summed E-state index contributed by atoms with van der Waals surface area (Å²) >= 11 is 6.78. The number of rotatable bonds is 12. The van der Waals surface area contributed by atoms with Gasteiger partial charge in [0.05, 0.1) is 31.1 Å². The van der Waals surface area contributed by atoms with Crippen LogP contribution >= 0.6 is 11.6 Å². The number of unbranched alkanes of at least 4 members (excludes halogenated alkanes) is 1. The highest BCUT2D eigenvalue weighted by Crippen LogP contribution is 2.38. The molecule has 0 spiro atoms.